The van der Waals surface area contributed by atoms with Gasteiger partial charge in [0, 0.05) is 18.7 Å². The van der Waals surface area contributed by atoms with Gasteiger partial charge in [-0.3, -0.25) is 0 Å². The largest absolute Gasteiger partial charge is 0.489 e. The maximum absolute atomic E-state index is 14.0. The van der Waals surface area contributed by atoms with Crippen molar-refractivity contribution in [2.24, 2.45) is 0 Å². The lowest BCUT2D eigenvalue weighted by Gasteiger charge is -2.31. The topological polar surface area (TPSA) is 62.6 Å². The molecule has 0 bridgehead atoms. The van der Waals surface area contributed by atoms with Gasteiger partial charge in [-0.25, -0.2) is 9.18 Å². The number of nitrogens with zero attached hydrogens (tertiary/aromatic N) is 2. The highest BCUT2D eigenvalue weighted by atomic mass is 19.1. The van der Waals surface area contributed by atoms with Crippen molar-refractivity contribution in [1.29, 1.82) is 5.26 Å². The molecule has 1 amide bonds. The van der Waals surface area contributed by atoms with Crippen LogP contribution in [0.25, 0.3) is 0 Å². The van der Waals surface area contributed by atoms with Crippen LogP contribution in [0.1, 0.15) is 43.0 Å². The number of amides is 1. The molecular weight excluding hydrogens is 359 g/mol. The van der Waals surface area contributed by atoms with Crippen LogP contribution in [0.4, 0.5) is 9.18 Å². The predicted molar refractivity (Wildman–Crippen MR) is 102 cm³/mol. The number of ether oxygens (including phenoxy) is 2. The third-order valence-corrected chi connectivity index (χ3v) is 4.42. The van der Waals surface area contributed by atoms with Gasteiger partial charge in [-0.1, -0.05) is 12.1 Å². The van der Waals surface area contributed by atoms with Gasteiger partial charge in [-0.2, -0.15) is 5.26 Å². The highest BCUT2D eigenvalue weighted by Crippen LogP contribution is 2.26. The number of carbonyl (C=O) groups excluding carboxylic acids is 1. The monoisotopic (exact) mass is 382 g/mol. The van der Waals surface area contributed by atoms with E-state index in [1.807, 2.05) is 45.0 Å². The van der Waals surface area contributed by atoms with Crippen LogP contribution in [0.3, 0.4) is 0 Å². The number of carbonyl (C=O) groups is 1. The van der Waals surface area contributed by atoms with Gasteiger partial charge in [0.1, 0.15) is 23.8 Å². The molecule has 1 heterocycles. The highest BCUT2D eigenvalue weighted by molar-refractivity contribution is 5.68. The van der Waals surface area contributed by atoms with E-state index in [9.17, 15) is 9.18 Å². The number of hydrogen-bond acceptors (Lipinski definition) is 4. The van der Waals surface area contributed by atoms with E-state index < -0.39 is 11.4 Å². The molecule has 0 aromatic heterocycles. The number of rotatable bonds is 3. The Hall–Kier alpha value is -3.07. The van der Waals surface area contributed by atoms with Gasteiger partial charge in [-0.05, 0) is 62.6 Å². The Morgan fingerprint density at radius 3 is 2.68 bits per heavy atom. The Morgan fingerprint density at radius 2 is 2.00 bits per heavy atom. The zero-order valence-electron chi connectivity index (χ0n) is 16.3. The van der Waals surface area contributed by atoms with Gasteiger partial charge in [0.15, 0.2) is 0 Å². The molecule has 1 aliphatic heterocycles. The summed E-state index contributed by atoms with van der Waals surface area (Å²) in [5.74, 6) is 0.193. The minimum Gasteiger partial charge on any atom is -0.489 e. The van der Waals surface area contributed by atoms with E-state index in [1.54, 1.807) is 17.0 Å². The zero-order valence-corrected chi connectivity index (χ0v) is 16.3. The van der Waals surface area contributed by atoms with Gasteiger partial charge in [0.2, 0.25) is 0 Å². The third kappa shape index (κ3) is 4.80. The average molecular weight is 382 g/mol. The summed E-state index contributed by atoms with van der Waals surface area (Å²) in [4.78, 5) is 13.9. The molecule has 1 aliphatic rings. The van der Waals surface area contributed by atoms with Crippen molar-refractivity contribution in [1.82, 2.24) is 4.90 Å². The SMILES string of the molecule is CC(C)(C)OC(=O)N1CCc2cc(OCc3ccc(C#N)cc3F)ccc2C1. The summed E-state index contributed by atoms with van der Waals surface area (Å²) in [5.41, 5.74) is 2.32. The van der Waals surface area contributed by atoms with Crippen LogP contribution in [0.15, 0.2) is 36.4 Å². The second-order valence-corrected chi connectivity index (χ2v) is 7.79. The molecule has 0 saturated heterocycles. The summed E-state index contributed by atoms with van der Waals surface area (Å²) >= 11 is 0. The lowest BCUT2D eigenvalue weighted by molar-refractivity contribution is 0.0224. The van der Waals surface area contributed by atoms with Gasteiger partial charge in [0.25, 0.3) is 0 Å². The fraction of sp³-hybridized carbons (Fsp3) is 0.364. The van der Waals surface area contributed by atoms with E-state index in [0.717, 1.165) is 11.1 Å². The minimum absolute atomic E-state index is 0.0837. The Labute approximate surface area is 164 Å². The van der Waals surface area contributed by atoms with Crippen LogP contribution < -0.4 is 4.74 Å². The molecule has 0 aliphatic carbocycles. The molecule has 146 valence electrons. The van der Waals surface area contributed by atoms with Crippen LogP contribution in [0.5, 0.6) is 5.75 Å². The van der Waals surface area contributed by atoms with Gasteiger partial charge in [0.05, 0.1) is 11.6 Å². The van der Waals surface area contributed by atoms with Crippen LogP contribution in [-0.4, -0.2) is 23.1 Å². The fourth-order valence-corrected chi connectivity index (χ4v) is 3.00. The molecule has 0 saturated carbocycles. The molecule has 0 N–H and O–H groups in total. The summed E-state index contributed by atoms with van der Waals surface area (Å²) in [6.45, 7) is 6.71. The van der Waals surface area contributed by atoms with E-state index in [-0.39, 0.29) is 18.3 Å². The van der Waals surface area contributed by atoms with E-state index >= 15 is 0 Å². The van der Waals surface area contributed by atoms with E-state index in [0.29, 0.717) is 30.8 Å². The predicted octanol–water partition coefficient (Wildman–Crippen LogP) is 4.57. The molecule has 0 fully saturated rings. The Kier molecular flexibility index (Phi) is 5.55. The quantitative estimate of drug-likeness (QED) is 0.780. The first-order chi connectivity index (χ1) is 13.2. The summed E-state index contributed by atoms with van der Waals surface area (Å²) in [7, 11) is 0. The molecule has 2 aromatic rings. The lowest BCUT2D eigenvalue weighted by atomic mass is 10.00. The van der Waals surface area contributed by atoms with Crippen LogP contribution >= 0.6 is 0 Å². The highest BCUT2D eigenvalue weighted by Gasteiger charge is 2.25. The van der Waals surface area contributed by atoms with Crippen molar-refractivity contribution in [3.8, 4) is 11.8 Å². The summed E-state index contributed by atoms with van der Waals surface area (Å²) < 4.78 is 25.1. The normalized spacial score (nSPS) is 13.5. The molecular formula is C22H23FN2O3. The molecule has 6 heteroatoms. The molecule has 28 heavy (non-hydrogen) atoms. The zero-order chi connectivity index (χ0) is 20.3. The molecule has 3 rings (SSSR count). The Morgan fingerprint density at radius 1 is 1.21 bits per heavy atom. The van der Waals surface area contributed by atoms with Crippen molar-refractivity contribution in [3.63, 3.8) is 0 Å². The number of benzene rings is 2. The minimum atomic E-state index is -0.518. The lowest BCUT2D eigenvalue weighted by Crippen LogP contribution is -2.39. The van der Waals surface area contributed by atoms with Gasteiger partial charge in [-0.15, -0.1) is 0 Å². The first-order valence-corrected chi connectivity index (χ1v) is 9.16. The molecule has 0 unspecified atom stereocenters. The van der Waals surface area contributed by atoms with Crippen LogP contribution in [0, 0.1) is 17.1 Å². The molecule has 2 aromatic carbocycles. The molecule has 0 radical (unpaired) electrons. The van der Waals surface area contributed by atoms with Gasteiger partial charge < -0.3 is 14.4 Å². The van der Waals surface area contributed by atoms with E-state index in [1.165, 1.54) is 6.07 Å². The number of fused-ring (bicyclic) bond motifs is 1. The van der Waals surface area contributed by atoms with Crippen molar-refractivity contribution in [3.05, 3.63) is 64.5 Å². The van der Waals surface area contributed by atoms with Crippen molar-refractivity contribution < 1.29 is 18.7 Å². The van der Waals surface area contributed by atoms with E-state index in [4.69, 9.17) is 14.7 Å². The van der Waals surface area contributed by atoms with Crippen molar-refractivity contribution in [2.45, 2.75) is 45.9 Å². The molecule has 5 nitrogen and oxygen atoms in total. The Balaban J connectivity index is 1.64. The first-order valence-electron chi connectivity index (χ1n) is 9.16. The summed E-state index contributed by atoms with van der Waals surface area (Å²) in [6.07, 6.45) is 0.395. The summed E-state index contributed by atoms with van der Waals surface area (Å²) in [5, 5.41) is 8.80. The van der Waals surface area contributed by atoms with Crippen LogP contribution in [-0.2, 0) is 24.3 Å². The number of halogens is 1. The van der Waals surface area contributed by atoms with Crippen LogP contribution in [0.2, 0.25) is 0 Å². The number of nitriles is 1. The second-order valence-electron chi connectivity index (χ2n) is 7.79. The van der Waals surface area contributed by atoms with Gasteiger partial charge >= 0.3 is 6.09 Å². The smallest absolute Gasteiger partial charge is 0.410 e. The maximum Gasteiger partial charge on any atom is 0.410 e. The Bertz CT molecular complexity index is 928. The third-order valence-electron chi connectivity index (χ3n) is 4.42. The molecule has 0 spiro atoms. The molecule has 0 atom stereocenters. The second kappa shape index (κ2) is 7.89. The van der Waals surface area contributed by atoms with Crippen molar-refractivity contribution in [2.75, 3.05) is 6.54 Å². The van der Waals surface area contributed by atoms with E-state index in [2.05, 4.69) is 0 Å². The number of hydrogen-bond donors (Lipinski definition) is 0. The average Bonchev–Trinajstić information content (AvgIpc) is 2.65. The first kappa shape index (κ1) is 19.7. The maximum atomic E-state index is 14.0. The standard InChI is InChI=1S/C22H23FN2O3/c1-22(2,3)28-21(26)25-9-8-16-11-19(7-6-17(16)13-25)27-14-18-5-4-15(12-24)10-20(18)23/h4-7,10-11H,8-9,13-14H2,1-3H3. The fourth-order valence-electron chi connectivity index (χ4n) is 3.00. The summed E-state index contributed by atoms with van der Waals surface area (Å²) in [6, 6.07) is 11.9. The van der Waals surface area contributed by atoms with Crippen molar-refractivity contribution >= 4 is 6.09 Å².